The number of halogens is 1. The number of hydrogen-bond acceptors (Lipinski definition) is 2. The Morgan fingerprint density at radius 2 is 1.81 bits per heavy atom. The number of nitrogens with zero attached hydrogens (tertiary/aromatic N) is 2. The highest BCUT2D eigenvalue weighted by Gasteiger charge is 2.17. The van der Waals surface area contributed by atoms with E-state index in [1.165, 1.54) is 11.3 Å². The van der Waals surface area contributed by atoms with E-state index in [-0.39, 0.29) is 0 Å². The van der Waals surface area contributed by atoms with Gasteiger partial charge in [0.25, 0.3) is 0 Å². The Bertz CT molecular complexity index is 332. The molecule has 0 N–H and O–H groups in total. The van der Waals surface area contributed by atoms with E-state index in [1.54, 1.807) is 0 Å². The maximum atomic E-state index is 5.76. The number of para-hydroxylation sites is 1. The number of rotatable bonds is 3. The van der Waals surface area contributed by atoms with Gasteiger partial charge in [0.1, 0.15) is 0 Å². The van der Waals surface area contributed by atoms with Gasteiger partial charge in [0.2, 0.25) is 0 Å². The number of aryl methyl sites for hydroxylation is 1. The van der Waals surface area contributed by atoms with Crippen molar-refractivity contribution in [2.24, 2.45) is 0 Å². The molecular formula is C13H19ClN2. The van der Waals surface area contributed by atoms with E-state index in [1.807, 2.05) is 0 Å². The van der Waals surface area contributed by atoms with Crippen LogP contribution in [0, 0.1) is 6.92 Å². The number of piperazine rings is 1. The van der Waals surface area contributed by atoms with Gasteiger partial charge in [0.15, 0.2) is 0 Å². The monoisotopic (exact) mass is 238 g/mol. The first kappa shape index (κ1) is 11.7. The first-order valence-electron chi connectivity index (χ1n) is 5.90. The van der Waals surface area contributed by atoms with E-state index in [4.69, 9.17) is 11.6 Å². The fourth-order valence-electron chi connectivity index (χ4n) is 2.25. The van der Waals surface area contributed by atoms with Crippen molar-refractivity contribution in [3.63, 3.8) is 0 Å². The molecule has 3 heteroatoms. The summed E-state index contributed by atoms with van der Waals surface area (Å²) in [5, 5.41) is 0. The molecule has 0 spiro atoms. The van der Waals surface area contributed by atoms with Gasteiger partial charge in [-0.2, -0.15) is 0 Å². The van der Waals surface area contributed by atoms with Gasteiger partial charge < -0.3 is 4.90 Å². The van der Waals surface area contributed by atoms with Crippen LogP contribution in [-0.4, -0.2) is 43.5 Å². The molecule has 0 aromatic heterocycles. The van der Waals surface area contributed by atoms with E-state index in [0.29, 0.717) is 0 Å². The third-order valence-electron chi connectivity index (χ3n) is 3.23. The first-order valence-corrected chi connectivity index (χ1v) is 6.43. The molecule has 1 aliphatic heterocycles. The van der Waals surface area contributed by atoms with Crippen LogP contribution in [-0.2, 0) is 0 Å². The quantitative estimate of drug-likeness (QED) is 0.746. The van der Waals surface area contributed by atoms with Crippen LogP contribution in [0.2, 0.25) is 0 Å². The van der Waals surface area contributed by atoms with Gasteiger partial charge in [-0.3, -0.25) is 4.90 Å². The standard InChI is InChI=1S/C13H19ClN2/c1-12-4-2-3-5-13(12)16-10-8-15(7-6-14)9-11-16/h2-5H,6-11H2,1H3. The van der Waals surface area contributed by atoms with E-state index in [0.717, 1.165) is 38.6 Å². The Morgan fingerprint density at radius 3 is 2.44 bits per heavy atom. The lowest BCUT2D eigenvalue weighted by molar-refractivity contribution is 0.272. The molecule has 1 aliphatic rings. The SMILES string of the molecule is Cc1ccccc1N1CCN(CCCl)CC1. The molecule has 2 nitrogen and oxygen atoms in total. The minimum absolute atomic E-state index is 0.740. The molecular weight excluding hydrogens is 220 g/mol. The number of alkyl halides is 1. The summed E-state index contributed by atoms with van der Waals surface area (Å²) in [4.78, 5) is 4.90. The second kappa shape index (κ2) is 5.55. The second-order valence-electron chi connectivity index (χ2n) is 4.30. The predicted octanol–water partition coefficient (Wildman–Crippen LogP) is 2.36. The van der Waals surface area contributed by atoms with Crippen LogP contribution in [0.15, 0.2) is 24.3 Å². The minimum Gasteiger partial charge on any atom is -0.369 e. The van der Waals surface area contributed by atoms with Crippen LogP contribution >= 0.6 is 11.6 Å². The molecule has 2 rings (SSSR count). The second-order valence-corrected chi connectivity index (χ2v) is 4.68. The van der Waals surface area contributed by atoms with E-state index >= 15 is 0 Å². The summed E-state index contributed by atoms with van der Waals surface area (Å²) in [6.07, 6.45) is 0. The van der Waals surface area contributed by atoms with E-state index in [9.17, 15) is 0 Å². The molecule has 16 heavy (non-hydrogen) atoms. The van der Waals surface area contributed by atoms with Gasteiger partial charge in [-0.15, -0.1) is 11.6 Å². The summed E-state index contributed by atoms with van der Waals surface area (Å²) in [5.74, 6) is 0.740. The van der Waals surface area contributed by atoms with Crippen LogP contribution < -0.4 is 4.90 Å². The van der Waals surface area contributed by atoms with Crippen LogP contribution in [0.1, 0.15) is 5.56 Å². The summed E-state index contributed by atoms with van der Waals surface area (Å²) >= 11 is 5.76. The summed E-state index contributed by atoms with van der Waals surface area (Å²) in [5.41, 5.74) is 2.75. The van der Waals surface area contributed by atoms with Gasteiger partial charge in [-0.25, -0.2) is 0 Å². The molecule has 1 saturated heterocycles. The molecule has 0 bridgehead atoms. The Balaban J connectivity index is 1.96. The summed E-state index contributed by atoms with van der Waals surface area (Å²) in [7, 11) is 0. The highest BCUT2D eigenvalue weighted by atomic mass is 35.5. The highest BCUT2D eigenvalue weighted by molar-refractivity contribution is 6.18. The van der Waals surface area contributed by atoms with Crippen LogP contribution in [0.25, 0.3) is 0 Å². The zero-order valence-corrected chi connectivity index (χ0v) is 10.6. The van der Waals surface area contributed by atoms with Crippen LogP contribution in [0.3, 0.4) is 0 Å². The zero-order chi connectivity index (χ0) is 11.4. The van der Waals surface area contributed by atoms with Crippen molar-refractivity contribution >= 4 is 17.3 Å². The van der Waals surface area contributed by atoms with Crippen molar-refractivity contribution in [2.45, 2.75) is 6.92 Å². The molecule has 0 atom stereocenters. The zero-order valence-electron chi connectivity index (χ0n) is 9.82. The summed E-state index contributed by atoms with van der Waals surface area (Å²) in [6.45, 7) is 7.68. The van der Waals surface area contributed by atoms with Gasteiger partial charge in [-0.1, -0.05) is 18.2 Å². The molecule has 0 amide bonds. The largest absolute Gasteiger partial charge is 0.369 e. The molecule has 0 radical (unpaired) electrons. The normalized spacial score (nSPS) is 17.8. The average Bonchev–Trinajstić information content (AvgIpc) is 2.31. The van der Waals surface area contributed by atoms with Crippen LogP contribution in [0.4, 0.5) is 5.69 Å². The van der Waals surface area contributed by atoms with Crippen molar-refractivity contribution in [3.05, 3.63) is 29.8 Å². The van der Waals surface area contributed by atoms with Crippen molar-refractivity contribution in [1.29, 1.82) is 0 Å². The Morgan fingerprint density at radius 1 is 1.12 bits per heavy atom. The van der Waals surface area contributed by atoms with Crippen molar-refractivity contribution in [1.82, 2.24) is 4.90 Å². The average molecular weight is 239 g/mol. The number of benzene rings is 1. The third-order valence-corrected chi connectivity index (χ3v) is 3.40. The molecule has 0 aliphatic carbocycles. The maximum Gasteiger partial charge on any atom is 0.0396 e. The molecule has 0 unspecified atom stereocenters. The van der Waals surface area contributed by atoms with Crippen molar-refractivity contribution in [2.75, 3.05) is 43.5 Å². The van der Waals surface area contributed by atoms with Gasteiger partial charge in [0, 0.05) is 44.3 Å². The smallest absolute Gasteiger partial charge is 0.0396 e. The van der Waals surface area contributed by atoms with Gasteiger partial charge >= 0.3 is 0 Å². The molecule has 1 heterocycles. The maximum absolute atomic E-state index is 5.76. The van der Waals surface area contributed by atoms with Crippen molar-refractivity contribution < 1.29 is 0 Å². The fourth-order valence-corrected chi connectivity index (χ4v) is 2.49. The predicted molar refractivity (Wildman–Crippen MR) is 70.6 cm³/mol. The van der Waals surface area contributed by atoms with Gasteiger partial charge in [0.05, 0.1) is 0 Å². The Kier molecular flexibility index (Phi) is 4.08. The molecule has 1 fully saturated rings. The molecule has 1 aromatic rings. The lowest BCUT2D eigenvalue weighted by atomic mass is 10.1. The molecule has 88 valence electrons. The van der Waals surface area contributed by atoms with E-state index < -0.39 is 0 Å². The fraction of sp³-hybridized carbons (Fsp3) is 0.538. The van der Waals surface area contributed by atoms with Gasteiger partial charge in [-0.05, 0) is 18.6 Å². The number of hydrogen-bond donors (Lipinski definition) is 0. The summed E-state index contributed by atoms with van der Waals surface area (Å²) < 4.78 is 0. The summed E-state index contributed by atoms with van der Waals surface area (Å²) in [6, 6.07) is 8.61. The Labute approximate surface area is 103 Å². The number of anilines is 1. The lowest BCUT2D eigenvalue weighted by Gasteiger charge is -2.36. The first-order chi connectivity index (χ1) is 7.81. The minimum atomic E-state index is 0.740. The third kappa shape index (κ3) is 2.69. The molecule has 0 saturated carbocycles. The van der Waals surface area contributed by atoms with Crippen molar-refractivity contribution in [3.8, 4) is 0 Å². The topological polar surface area (TPSA) is 6.48 Å². The Hall–Kier alpha value is -0.730. The molecule has 1 aromatic carbocycles. The lowest BCUT2D eigenvalue weighted by Crippen LogP contribution is -2.47. The highest BCUT2D eigenvalue weighted by Crippen LogP contribution is 2.20. The van der Waals surface area contributed by atoms with Crippen LogP contribution in [0.5, 0.6) is 0 Å². The van der Waals surface area contributed by atoms with E-state index in [2.05, 4.69) is 41.0 Å².